The van der Waals surface area contributed by atoms with Crippen LogP contribution in [0.3, 0.4) is 0 Å². The van der Waals surface area contributed by atoms with Crippen molar-refractivity contribution in [2.24, 2.45) is 0 Å². The molecule has 35 heavy (non-hydrogen) atoms. The average Bonchev–Trinajstić information content (AvgIpc) is 3.14. The van der Waals surface area contributed by atoms with Gasteiger partial charge in [-0.1, -0.05) is 62.1 Å². The molecular weight excluding hydrogens is 438 g/mol. The van der Waals surface area contributed by atoms with Crippen LogP contribution in [0.4, 0.5) is 0 Å². The second kappa shape index (κ2) is 10.0. The van der Waals surface area contributed by atoms with Gasteiger partial charge in [0, 0.05) is 25.7 Å². The quantitative estimate of drug-likeness (QED) is 0.663. The van der Waals surface area contributed by atoms with E-state index in [9.17, 15) is 9.59 Å². The van der Waals surface area contributed by atoms with E-state index >= 15 is 0 Å². The molecule has 2 atom stereocenters. The first-order valence-electron chi connectivity index (χ1n) is 13.0. The highest BCUT2D eigenvalue weighted by atomic mass is 16.5. The minimum Gasteiger partial charge on any atom is -0.497 e. The third-order valence-electron chi connectivity index (χ3n) is 8.18. The Labute approximate surface area is 208 Å². The fraction of sp³-hybridized carbons (Fsp3) is 0.517. The topological polar surface area (TPSA) is 61.9 Å². The van der Waals surface area contributed by atoms with E-state index in [4.69, 9.17) is 4.74 Å². The van der Waals surface area contributed by atoms with Crippen LogP contribution in [0.5, 0.6) is 5.75 Å². The van der Waals surface area contributed by atoms with Gasteiger partial charge in [-0.05, 0) is 55.0 Å². The predicted octanol–water partition coefficient (Wildman–Crippen LogP) is 4.06. The zero-order chi connectivity index (χ0) is 24.4. The lowest BCUT2D eigenvalue weighted by Crippen LogP contribution is -2.72. The zero-order valence-corrected chi connectivity index (χ0v) is 21.0. The fourth-order valence-electron chi connectivity index (χ4n) is 6.02. The molecule has 3 aliphatic rings. The zero-order valence-electron chi connectivity index (χ0n) is 21.0. The van der Waals surface area contributed by atoms with Gasteiger partial charge in [0.1, 0.15) is 11.3 Å². The Morgan fingerprint density at radius 2 is 1.71 bits per heavy atom. The number of piperazine rings is 1. The van der Waals surface area contributed by atoms with E-state index in [-0.39, 0.29) is 23.9 Å². The molecule has 2 heterocycles. The molecule has 5 rings (SSSR count). The summed E-state index contributed by atoms with van der Waals surface area (Å²) in [6.07, 6.45) is 7.51. The van der Waals surface area contributed by atoms with Crippen LogP contribution in [0.2, 0.25) is 0 Å². The summed E-state index contributed by atoms with van der Waals surface area (Å²) in [5, 5.41) is 3.36. The van der Waals surface area contributed by atoms with Gasteiger partial charge in [-0.3, -0.25) is 14.5 Å². The molecule has 0 aromatic heterocycles. The molecule has 0 unspecified atom stereocenters. The molecule has 2 fully saturated rings. The molecule has 0 bridgehead atoms. The van der Waals surface area contributed by atoms with E-state index < -0.39 is 5.54 Å². The number of nitrogens with one attached hydrogen (secondary N) is 1. The van der Waals surface area contributed by atoms with Crippen LogP contribution in [0.25, 0.3) is 0 Å². The number of carbonyl (C=O) groups excluding carboxylic acids is 2. The molecule has 6 heteroatoms. The van der Waals surface area contributed by atoms with Gasteiger partial charge in [0.15, 0.2) is 0 Å². The van der Waals surface area contributed by atoms with Crippen LogP contribution < -0.4 is 10.1 Å². The monoisotopic (exact) mass is 475 g/mol. The highest BCUT2D eigenvalue weighted by molar-refractivity contribution is 5.95. The molecule has 0 spiro atoms. The van der Waals surface area contributed by atoms with Crippen molar-refractivity contribution >= 4 is 11.8 Å². The van der Waals surface area contributed by atoms with E-state index in [0.717, 1.165) is 37.0 Å². The van der Waals surface area contributed by atoms with Crippen molar-refractivity contribution in [3.63, 3.8) is 0 Å². The summed E-state index contributed by atoms with van der Waals surface area (Å²) in [6, 6.07) is 16.1. The van der Waals surface area contributed by atoms with Gasteiger partial charge < -0.3 is 15.0 Å². The average molecular weight is 476 g/mol. The van der Waals surface area contributed by atoms with Crippen LogP contribution in [0.1, 0.15) is 62.1 Å². The van der Waals surface area contributed by atoms with Crippen molar-refractivity contribution in [2.75, 3.05) is 13.7 Å². The minimum absolute atomic E-state index is 0.0245. The van der Waals surface area contributed by atoms with Gasteiger partial charge in [0.05, 0.1) is 13.2 Å². The van der Waals surface area contributed by atoms with Crippen molar-refractivity contribution in [1.29, 1.82) is 0 Å². The molecule has 1 aliphatic carbocycles. The normalized spacial score (nSPS) is 25.4. The lowest BCUT2D eigenvalue weighted by atomic mass is 9.84. The summed E-state index contributed by atoms with van der Waals surface area (Å²) in [4.78, 5) is 32.0. The van der Waals surface area contributed by atoms with Crippen molar-refractivity contribution < 1.29 is 14.3 Å². The third kappa shape index (κ3) is 4.81. The highest BCUT2D eigenvalue weighted by Gasteiger charge is 2.52. The Balaban J connectivity index is 1.44. The summed E-state index contributed by atoms with van der Waals surface area (Å²) < 4.78 is 5.31. The molecule has 6 nitrogen and oxygen atoms in total. The largest absolute Gasteiger partial charge is 0.497 e. The molecule has 1 saturated carbocycles. The first-order chi connectivity index (χ1) is 17.0. The van der Waals surface area contributed by atoms with Crippen molar-refractivity contribution in [3.05, 3.63) is 65.2 Å². The Morgan fingerprint density at radius 3 is 2.40 bits per heavy atom. The Morgan fingerprint density at radius 1 is 1.03 bits per heavy atom. The predicted molar refractivity (Wildman–Crippen MR) is 136 cm³/mol. The number of methoxy groups -OCH3 is 1. The van der Waals surface area contributed by atoms with Gasteiger partial charge in [-0.25, -0.2) is 0 Å². The summed E-state index contributed by atoms with van der Waals surface area (Å²) in [5.41, 5.74) is 2.55. The molecule has 186 valence electrons. The standard InChI is InChI=1S/C29H37N3O3/c1-29(28(34)30-24-11-5-3-4-6-12-24)20-31-19-23-10-8-7-9-22(23)17-26(31)27(33)32(29)18-21-13-15-25(35-2)16-14-21/h7-10,13-16,24,26H,3-6,11-12,17-20H2,1-2H3,(H,30,34)/t26-,29-/m1/s1. The number of rotatable bonds is 5. The van der Waals surface area contributed by atoms with Gasteiger partial charge >= 0.3 is 0 Å². The van der Waals surface area contributed by atoms with Crippen LogP contribution in [0.15, 0.2) is 48.5 Å². The fourth-order valence-corrected chi connectivity index (χ4v) is 6.02. The molecule has 2 amide bonds. The second-order valence-electron chi connectivity index (χ2n) is 10.6. The Kier molecular flexibility index (Phi) is 6.83. The maximum atomic E-state index is 14.0. The van der Waals surface area contributed by atoms with Crippen molar-refractivity contribution in [3.8, 4) is 5.75 Å². The van der Waals surface area contributed by atoms with E-state index in [1.807, 2.05) is 42.2 Å². The number of fused-ring (bicyclic) bond motifs is 2. The summed E-state index contributed by atoms with van der Waals surface area (Å²) in [7, 11) is 1.65. The molecule has 2 aliphatic heterocycles. The third-order valence-corrected chi connectivity index (χ3v) is 8.18. The van der Waals surface area contributed by atoms with E-state index in [0.29, 0.717) is 26.1 Å². The molecule has 1 N–H and O–H groups in total. The smallest absolute Gasteiger partial charge is 0.247 e. The van der Waals surface area contributed by atoms with Crippen LogP contribution >= 0.6 is 0 Å². The number of amides is 2. The lowest BCUT2D eigenvalue weighted by molar-refractivity contribution is -0.163. The first-order valence-corrected chi connectivity index (χ1v) is 13.0. The van der Waals surface area contributed by atoms with Crippen LogP contribution in [0, 0.1) is 0 Å². The molecule has 0 radical (unpaired) electrons. The van der Waals surface area contributed by atoms with Gasteiger partial charge in [-0.15, -0.1) is 0 Å². The summed E-state index contributed by atoms with van der Waals surface area (Å²) in [6.45, 7) is 3.60. The SMILES string of the molecule is COc1ccc(CN2C(=O)[C@H]3Cc4ccccc4CN3C[C@]2(C)C(=O)NC2CCCCCC2)cc1. The maximum absolute atomic E-state index is 14.0. The summed E-state index contributed by atoms with van der Waals surface area (Å²) in [5.74, 6) is 0.798. The van der Waals surface area contributed by atoms with E-state index in [1.54, 1.807) is 7.11 Å². The van der Waals surface area contributed by atoms with Crippen LogP contribution in [-0.4, -0.2) is 52.9 Å². The van der Waals surface area contributed by atoms with Crippen LogP contribution in [-0.2, 0) is 29.1 Å². The molecular formula is C29H37N3O3. The summed E-state index contributed by atoms with van der Waals surface area (Å²) >= 11 is 0. The first kappa shape index (κ1) is 23.9. The lowest BCUT2D eigenvalue weighted by Gasteiger charge is -2.52. The molecule has 2 aromatic carbocycles. The van der Waals surface area contributed by atoms with Gasteiger partial charge in [0.2, 0.25) is 11.8 Å². The number of benzene rings is 2. The Hall–Kier alpha value is -2.86. The number of carbonyl (C=O) groups is 2. The molecule has 2 aromatic rings. The number of ether oxygens (including phenoxy) is 1. The highest BCUT2D eigenvalue weighted by Crippen LogP contribution is 2.35. The number of nitrogens with zero attached hydrogens (tertiary/aromatic N) is 2. The van der Waals surface area contributed by atoms with E-state index in [1.165, 1.54) is 24.0 Å². The second-order valence-corrected chi connectivity index (χ2v) is 10.6. The minimum atomic E-state index is -0.938. The van der Waals surface area contributed by atoms with Crippen molar-refractivity contribution in [2.45, 2.75) is 82.6 Å². The maximum Gasteiger partial charge on any atom is 0.247 e. The number of hydrogen-bond acceptors (Lipinski definition) is 4. The number of hydrogen-bond donors (Lipinski definition) is 1. The van der Waals surface area contributed by atoms with E-state index in [2.05, 4.69) is 28.4 Å². The van der Waals surface area contributed by atoms with Gasteiger partial charge in [-0.2, -0.15) is 0 Å². The van der Waals surface area contributed by atoms with Crippen molar-refractivity contribution in [1.82, 2.24) is 15.1 Å². The Bertz CT molecular complexity index is 1060. The van der Waals surface area contributed by atoms with Gasteiger partial charge in [0.25, 0.3) is 0 Å². The molecule has 1 saturated heterocycles.